The Morgan fingerprint density at radius 3 is 2.45 bits per heavy atom. The second kappa shape index (κ2) is 7.78. The molecule has 0 saturated carbocycles. The van der Waals surface area contributed by atoms with Crippen LogP contribution in [0.2, 0.25) is 0 Å². The Kier molecular flexibility index (Phi) is 5.03. The fraction of sp³-hybridized carbons (Fsp3) is 0.250. The Balaban J connectivity index is 1.53. The van der Waals surface area contributed by atoms with Crippen LogP contribution in [0.3, 0.4) is 0 Å². The van der Waals surface area contributed by atoms with E-state index in [0.29, 0.717) is 43.3 Å². The number of piperazine rings is 1. The number of nitrogens with zero attached hydrogens (tertiary/aromatic N) is 3. The fourth-order valence-electron chi connectivity index (χ4n) is 3.38. The lowest BCUT2D eigenvalue weighted by molar-refractivity contribution is -0.672. The molecule has 150 valence electrons. The van der Waals surface area contributed by atoms with E-state index in [1.165, 1.54) is 10.7 Å². The number of benzene rings is 2. The summed E-state index contributed by atoms with van der Waals surface area (Å²) in [6.07, 6.45) is 0. The average Bonchev–Trinajstić information content (AvgIpc) is 3.15. The van der Waals surface area contributed by atoms with Crippen molar-refractivity contribution in [3.8, 4) is 11.4 Å². The number of carbonyl (C=O) groups is 1. The first-order valence-corrected chi connectivity index (χ1v) is 9.15. The zero-order chi connectivity index (χ0) is 20.4. The Morgan fingerprint density at radius 1 is 1.10 bits per heavy atom. The summed E-state index contributed by atoms with van der Waals surface area (Å²) in [6, 6.07) is 13.4. The summed E-state index contributed by atoms with van der Waals surface area (Å²) < 4.78 is 25.3. The molecule has 1 saturated heterocycles. The summed E-state index contributed by atoms with van der Waals surface area (Å²) in [4.78, 5) is 28.7. The van der Waals surface area contributed by atoms with Crippen molar-refractivity contribution in [3.63, 3.8) is 0 Å². The number of halogens is 1. The number of amides is 1. The predicted octanol–water partition coefficient (Wildman–Crippen LogP) is 1.35. The maximum atomic E-state index is 14.0. The number of anilines is 1. The highest BCUT2D eigenvalue weighted by atomic mass is 19.1. The van der Waals surface area contributed by atoms with E-state index in [4.69, 9.17) is 9.26 Å². The van der Waals surface area contributed by atoms with E-state index >= 15 is 0 Å². The minimum atomic E-state index is -0.748. The van der Waals surface area contributed by atoms with Gasteiger partial charge < -0.3 is 14.5 Å². The molecule has 0 atom stereocenters. The van der Waals surface area contributed by atoms with Crippen molar-refractivity contribution in [2.45, 2.75) is 0 Å². The van der Waals surface area contributed by atoms with Gasteiger partial charge in [0.15, 0.2) is 0 Å². The molecule has 0 spiro atoms. The van der Waals surface area contributed by atoms with Crippen LogP contribution < -0.4 is 19.9 Å². The van der Waals surface area contributed by atoms with Gasteiger partial charge in [0.05, 0.1) is 12.8 Å². The standard InChI is InChI=1S/C20H19FN4O4/c1-28-15-8-6-14(7-9-15)25-18(20(27)29-22-25)19(26)24-12-10-23(11-13-24)17-5-3-2-4-16(17)21/h2-9H,10-13H2,1H3/p+1. The molecule has 9 heteroatoms. The van der Waals surface area contributed by atoms with Gasteiger partial charge in [0, 0.05) is 38.3 Å². The molecule has 2 heterocycles. The molecular formula is C20H20FN4O4+. The molecule has 1 amide bonds. The minimum absolute atomic E-state index is 0.116. The van der Waals surface area contributed by atoms with E-state index in [9.17, 15) is 14.0 Å². The lowest BCUT2D eigenvalue weighted by Crippen LogP contribution is -2.53. The van der Waals surface area contributed by atoms with E-state index < -0.39 is 11.5 Å². The largest absolute Gasteiger partial charge is 0.497 e. The highest BCUT2D eigenvalue weighted by molar-refractivity contribution is 5.90. The number of para-hydroxylation sites is 1. The molecule has 29 heavy (non-hydrogen) atoms. The third-order valence-corrected chi connectivity index (χ3v) is 4.94. The van der Waals surface area contributed by atoms with Crippen LogP contribution in [0.1, 0.15) is 10.5 Å². The molecule has 1 N–H and O–H groups in total. The number of hydrogen-bond donors (Lipinski definition) is 1. The number of aromatic amines is 1. The normalized spacial score (nSPS) is 14.1. The van der Waals surface area contributed by atoms with Gasteiger partial charge in [-0.15, -0.1) is 0 Å². The molecule has 8 nitrogen and oxygen atoms in total. The van der Waals surface area contributed by atoms with Gasteiger partial charge in [-0.2, -0.15) is 0 Å². The van der Waals surface area contributed by atoms with Gasteiger partial charge in [-0.3, -0.25) is 9.32 Å². The zero-order valence-electron chi connectivity index (χ0n) is 15.8. The number of methoxy groups -OCH3 is 1. The molecule has 0 radical (unpaired) electrons. The molecule has 0 bridgehead atoms. The van der Waals surface area contributed by atoms with Crippen molar-refractivity contribution in [2.75, 3.05) is 38.2 Å². The Morgan fingerprint density at radius 2 is 1.79 bits per heavy atom. The number of rotatable bonds is 4. The molecule has 1 aromatic heterocycles. The molecule has 1 aliphatic heterocycles. The quantitative estimate of drug-likeness (QED) is 0.670. The van der Waals surface area contributed by atoms with E-state index in [1.807, 2.05) is 4.90 Å². The molecule has 3 aromatic rings. The Hall–Kier alpha value is -3.62. The monoisotopic (exact) mass is 399 g/mol. The third kappa shape index (κ3) is 3.58. The van der Waals surface area contributed by atoms with E-state index in [-0.39, 0.29) is 11.5 Å². The van der Waals surface area contributed by atoms with Gasteiger partial charge in [-0.05, 0) is 34.2 Å². The number of ether oxygens (including phenoxy) is 1. The van der Waals surface area contributed by atoms with Crippen molar-refractivity contribution in [1.29, 1.82) is 0 Å². The summed E-state index contributed by atoms with van der Waals surface area (Å²) in [5.41, 5.74) is 0.205. The topological polar surface area (TPSA) is 82.7 Å². The van der Waals surface area contributed by atoms with Crippen molar-refractivity contribution in [1.82, 2.24) is 10.2 Å². The zero-order valence-corrected chi connectivity index (χ0v) is 15.8. The first kappa shape index (κ1) is 18.7. The van der Waals surface area contributed by atoms with Crippen LogP contribution in [0.25, 0.3) is 5.69 Å². The van der Waals surface area contributed by atoms with Crippen LogP contribution in [-0.4, -0.2) is 49.4 Å². The van der Waals surface area contributed by atoms with Gasteiger partial charge >= 0.3 is 17.2 Å². The molecule has 0 aliphatic carbocycles. The maximum Gasteiger partial charge on any atom is 0.441 e. The number of aromatic nitrogens is 2. The molecule has 1 fully saturated rings. The van der Waals surface area contributed by atoms with Gasteiger partial charge in [0.25, 0.3) is 0 Å². The van der Waals surface area contributed by atoms with Crippen LogP contribution in [0, 0.1) is 5.82 Å². The van der Waals surface area contributed by atoms with Crippen LogP contribution in [0.4, 0.5) is 10.1 Å². The van der Waals surface area contributed by atoms with Gasteiger partial charge in [0.1, 0.15) is 11.6 Å². The number of hydrogen-bond acceptors (Lipinski definition) is 5. The minimum Gasteiger partial charge on any atom is -0.497 e. The van der Waals surface area contributed by atoms with Gasteiger partial charge in [0.2, 0.25) is 5.69 Å². The highest BCUT2D eigenvalue weighted by Gasteiger charge is 2.36. The Labute approximate surface area is 165 Å². The van der Waals surface area contributed by atoms with E-state index in [2.05, 4.69) is 5.27 Å². The van der Waals surface area contributed by atoms with E-state index in [1.54, 1.807) is 54.5 Å². The lowest BCUT2D eigenvalue weighted by atomic mass is 10.2. The summed E-state index contributed by atoms with van der Waals surface area (Å²) >= 11 is 0. The summed E-state index contributed by atoms with van der Waals surface area (Å²) in [7, 11) is 1.55. The van der Waals surface area contributed by atoms with Crippen LogP contribution in [0.15, 0.2) is 57.8 Å². The van der Waals surface area contributed by atoms with Crippen molar-refractivity contribution in [3.05, 3.63) is 70.5 Å². The number of carbonyl (C=O) groups excluding carboxylic acids is 1. The van der Waals surface area contributed by atoms with Crippen molar-refractivity contribution < 1.29 is 23.1 Å². The predicted molar refractivity (Wildman–Crippen MR) is 102 cm³/mol. The summed E-state index contributed by atoms with van der Waals surface area (Å²) in [6.45, 7) is 1.65. The summed E-state index contributed by atoms with van der Waals surface area (Å²) in [5.74, 6) is -0.0859. The maximum absolute atomic E-state index is 14.0. The van der Waals surface area contributed by atoms with Crippen LogP contribution in [-0.2, 0) is 0 Å². The third-order valence-electron chi connectivity index (χ3n) is 4.94. The molecule has 1 aliphatic rings. The highest BCUT2D eigenvalue weighted by Crippen LogP contribution is 2.20. The van der Waals surface area contributed by atoms with Crippen molar-refractivity contribution in [2.24, 2.45) is 0 Å². The number of H-pyrrole nitrogens is 1. The summed E-state index contributed by atoms with van der Waals surface area (Å²) in [5, 5.41) is 2.47. The fourth-order valence-corrected chi connectivity index (χ4v) is 3.38. The van der Waals surface area contributed by atoms with E-state index in [0.717, 1.165) is 0 Å². The Bertz CT molecular complexity index is 1070. The van der Waals surface area contributed by atoms with Crippen LogP contribution in [0.5, 0.6) is 5.75 Å². The lowest BCUT2D eigenvalue weighted by Gasteiger charge is -2.35. The smallest absolute Gasteiger partial charge is 0.441 e. The molecule has 2 aromatic carbocycles. The second-order valence-corrected chi connectivity index (χ2v) is 6.59. The first-order valence-electron chi connectivity index (χ1n) is 9.15. The van der Waals surface area contributed by atoms with Crippen LogP contribution >= 0.6 is 0 Å². The second-order valence-electron chi connectivity index (χ2n) is 6.59. The van der Waals surface area contributed by atoms with Gasteiger partial charge in [-0.25, -0.2) is 9.18 Å². The van der Waals surface area contributed by atoms with Gasteiger partial charge in [-0.1, -0.05) is 12.1 Å². The first-order chi connectivity index (χ1) is 14.1. The molecule has 4 rings (SSSR count). The SMILES string of the molecule is COc1ccc(-[n+]2[nH]oc(=O)c2C(=O)N2CCN(c3ccccc3F)CC2)cc1. The number of nitrogens with one attached hydrogen (secondary N) is 1. The molecular weight excluding hydrogens is 379 g/mol. The van der Waals surface area contributed by atoms with Crippen molar-refractivity contribution >= 4 is 11.6 Å². The molecule has 0 unspecified atom stereocenters. The average molecular weight is 399 g/mol.